The molecule has 0 aliphatic carbocycles. The molecule has 0 fully saturated rings. The molecule has 0 amide bonds. The van der Waals surface area contributed by atoms with E-state index >= 15 is 0 Å². The van der Waals surface area contributed by atoms with Crippen molar-refractivity contribution in [2.45, 2.75) is 13.0 Å². The van der Waals surface area contributed by atoms with Crippen molar-refractivity contribution in [1.82, 2.24) is 10.1 Å². The van der Waals surface area contributed by atoms with E-state index in [4.69, 9.17) is 20.1 Å². The van der Waals surface area contributed by atoms with Gasteiger partial charge in [0, 0.05) is 13.0 Å². The second-order valence-corrected chi connectivity index (χ2v) is 2.42. The number of hydrogen-bond acceptors (Lipinski definition) is 6. The van der Waals surface area contributed by atoms with Gasteiger partial charge in [0.15, 0.2) is 5.82 Å². The Morgan fingerprint density at radius 3 is 3.08 bits per heavy atom. The zero-order valence-electron chi connectivity index (χ0n) is 7.27. The minimum Gasteiger partial charge on any atom is -0.396 e. The van der Waals surface area contributed by atoms with E-state index in [0.29, 0.717) is 31.3 Å². The summed E-state index contributed by atoms with van der Waals surface area (Å²) in [5.41, 5.74) is 5.22. The van der Waals surface area contributed by atoms with E-state index in [1.165, 1.54) is 0 Å². The second kappa shape index (κ2) is 5.63. The van der Waals surface area contributed by atoms with E-state index in [9.17, 15) is 0 Å². The molecule has 1 aromatic heterocycles. The average Bonchev–Trinajstić information content (AvgIpc) is 2.54. The van der Waals surface area contributed by atoms with E-state index in [1.54, 1.807) is 0 Å². The number of aliphatic hydroxyl groups excluding tert-OH is 1. The number of rotatable bonds is 6. The first-order valence-electron chi connectivity index (χ1n) is 4.07. The van der Waals surface area contributed by atoms with Crippen molar-refractivity contribution in [1.29, 1.82) is 0 Å². The molecule has 1 heterocycles. The lowest BCUT2D eigenvalue weighted by Gasteiger charge is -1.95. The Morgan fingerprint density at radius 1 is 1.54 bits per heavy atom. The summed E-state index contributed by atoms with van der Waals surface area (Å²) in [4.78, 5) is 3.97. The van der Waals surface area contributed by atoms with Gasteiger partial charge in [-0.1, -0.05) is 5.16 Å². The van der Waals surface area contributed by atoms with Gasteiger partial charge in [0.05, 0.1) is 13.2 Å². The van der Waals surface area contributed by atoms with Crippen LogP contribution in [0.1, 0.15) is 11.7 Å². The molecule has 74 valence electrons. The van der Waals surface area contributed by atoms with Crippen LogP contribution in [0.5, 0.6) is 0 Å². The number of hydrogen-bond donors (Lipinski definition) is 2. The molecule has 3 N–H and O–H groups in total. The lowest BCUT2D eigenvalue weighted by atomic mass is 10.4. The lowest BCUT2D eigenvalue weighted by Crippen LogP contribution is -2.08. The molecule has 6 heteroatoms. The SMILES string of the molecule is NCCOCc1nc(CCO)no1. The van der Waals surface area contributed by atoms with Gasteiger partial charge >= 0.3 is 0 Å². The monoisotopic (exact) mass is 187 g/mol. The third-order valence-electron chi connectivity index (χ3n) is 1.33. The van der Waals surface area contributed by atoms with Crippen LogP contribution in [-0.2, 0) is 17.8 Å². The van der Waals surface area contributed by atoms with Crippen LogP contribution in [0, 0.1) is 0 Å². The van der Waals surface area contributed by atoms with Crippen LogP contribution in [0.25, 0.3) is 0 Å². The number of ether oxygens (including phenoxy) is 1. The van der Waals surface area contributed by atoms with Gasteiger partial charge in [-0.25, -0.2) is 0 Å². The summed E-state index contributed by atoms with van der Waals surface area (Å²) < 4.78 is 9.90. The van der Waals surface area contributed by atoms with Crippen molar-refractivity contribution < 1.29 is 14.4 Å². The Kier molecular flexibility index (Phi) is 4.37. The van der Waals surface area contributed by atoms with Crippen molar-refractivity contribution in [3.8, 4) is 0 Å². The fraction of sp³-hybridized carbons (Fsp3) is 0.714. The minimum absolute atomic E-state index is 0.0165. The Morgan fingerprint density at radius 2 is 2.38 bits per heavy atom. The van der Waals surface area contributed by atoms with Crippen LogP contribution in [0.4, 0.5) is 0 Å². The van der Waals surface area contributed by atoms with Crippen LogP contribution in [0.15, 0.2) is 4.52 Å². The highest BCUT2D eigenvalue weighted by Gasteiger charge is 2.04. The molecule has 0 aromatic carbocycles. The van der Waals surface area contributed by atoms with Gasteiger partial charge in [0.2, 0.25) is 0 Å². The summed E-state index contributed by atoms with van der Waals surface area (Å²) in [5, 5.41) is 12.2. The van der Waals surface area contributed by atoms with Gasteiger partial charge < -0.3 is 20.1 Å². The Labute approximate surface area is 75.7 Å². The predicted molar refractivity (Wildman–Crippen MR) is 43.8 cm³/mol. The van der Waals surface area contributed by atoms with E-state index in [-0.39, 0.29) is 13.2 Å². The van der Waals surface area contributed by atoms with Gasteiger partial charge in [-0.2, -0.15) is 4.98 Å². The van der Waals surface area contributed by atoms with Crippen LogP contribution >= 0.6 is 0 Å². The molecule has 0 unspecified atom stereocenters. The number of aromatic nitrogens is 2. The summed E-state index contributed by atoms with van der Waals surface area (Å²) in [6.45, 7) is 1.23. The molecule has 1 aromatic rings. The highest BCUT2D eigenvalue weighted by atomic mass is 16.5. The molecule has 6 nitrogen and oxygen atoms in total. The third-order valence-corrected chi connectivity index (χ3v) is 1.33. The van der Waals surface area contributed by atoms with Crippen LogP contribution < -0.4 is 5.73 Å². The lowest BCUT2D eigenvalue weighted by molar-refractivity contribution is 0.104. The van der Waals surface area contributed by atoms with Gasteiger partial charge in [0.25, 0.3) is 5.89 Å². The van der Waals surface area contributed by atoms with E-state index in [2.05, 4.69) is 10.1 Å². The molecule has 0 saturated heterocycles. The maximum Gasteiger partial charge on any atom is 0.252 e. The molecular formula is C7H13N3O3. The highest BCUT2D eigenvalue weighted by molar-refractivity contribution is 4.84. The molecule has 13 heavy (non-hydrogen) atoms. The molecule has 0 aliphatic heterocycles. The zero-order chi connectivity index (χ0) is 9.52. The summed E-state index contributed by atoms with van der Waals surface area (Å²) in [6.07, 6.45) is 0.403. The van der Waals surface area contributed by atoms with Gasteiger partial charge in [0.1, 0.15) is 6.61 Å². The maximum atomic E-state index is 8.57. The van der Waals surface area contributed by atoms with Crippen molar-refractivity contribution >= 4 is 0 Å². The molecule has 0 saturated carbocycles. The normalized spacial score (nSPS) is 10.6. The Balaban J connectivity index is 2.31. The highest BCUT2D eigenvalue weighted by Crippen LogP contribution is 1.99. The van der Waals surface area contributed by atoms with Gasteiger partial charge in [-0.3, -0.25) is 0 Å². The predicted octanol–water partition coefficient (Wildman–Crippen LogP) is -0.920. The molecule has 0 bridgehead atoms. The van der Waals surface area contributed by atoms with E-state index < -0.39 is 0 Å². The number of nitrogens with two attached hydrogens (primary N) is 1. The van der Waals surface area contributed by atoms with E-state index in [1.807, 2.05) is 0 Å². The molecular weight excluding hydrogens is 174 g/mol. The maximum absolute atomic E-state index is 8.57. The topological polar surface area (TPSA) is 94.4 Å². The molecule has 1 rings (SSSR count). The summed E-state index contributed by atoms with van der Waals surface area (Å²) in [5.74, 6) is 0.908. The molecule has 0 atom stereocenters. The largest absolute Gasteiger partial charge is 0.396 e. The van der Waals surface area contributed by atoms with Crippen LogP contribution in [0.2, 0.25) is 0 Å². The van der Waals surface area contributed by atoms with E-state index in [0.717, 1.165) is 0 Å². The number of nitrogens with zero attached hydrogens (tertiary/aromatic N) is 2. The van der Waals surface area contributed by atoms with Crippen molar-refractivity contribution in [2.75, 3.05) is 19.8 Å². The van der Waals surface area contributed by atoms with Crippen molar-refractivity contribution in [2.24, 2.45) is 5.73 Å². The number of aliphatic hydroxyl groups is 1. The summed E-state index contributed by atoms with van der Waals surface area (Å²) in [6, 6.07) is 0. The summed E-state index contributed by atoms with van der Waals surface area (Å²) >= 11 is 0. The molecule has 0 radical (unpaired) electrons. The van der Waals surface area contributed by atoms with Gasteiger partial charge in [-0.15, -0.1) is 0 Å². The second-order valence-electron chi connectivity index (χ2n) is 2.42. The average molecular weight is 187 g/mol. The minimum atomic E-state index is 0.0165. The fourth-order valence-electron chi connectivity index (χ4n) is 0.793. The fourth-order valence-corrected chi connectivity index (χ4v) is 0.793. The smallest absolute Gasteiger partial charge is 0.252 e. The first-order valence-corrected chi connectivity index (χ1v) is 4.07. The van der Waals surface area contributed by atoms with Crippen molar-refractivity contribution in [3.63, 3.8) is 0 Å². The zero-order valence-corrected chi connectivity index (χ0v) is 7.27. The Bertz CT molecular complexity index is 239. The first kappa shape index (κ1) is 10.1. The first-order chi connectivity index (χ1) is 6.36. The summed E-state index contributed by atoms with van der Waals surface area (Å²) in [7, 11) is 0. The third kappa shape index (κ3) is 3.49. The quantitative estimate of drug-likeness (QED) is 0.559. The standard InChI is InChI=1S/C7H13N3O3/c8-2-4-12-5-7-9-6(1-3-11)10-13-7/h11H,1-5,8H2. The van der Waals surface area contributed by atoms with Crippen LogP contribution in [-0.4, -0.2) is 35.0 Å². The van der Waals surface area contributed by atoms with Crippen molar-refractivity contribution in [3.05, 3.63) is 11.7 Å². The molecule has 0 spiro atoms. The Hall–Kier alpha value is -0.980. The van der Waals surface area contributed by atoms with Crippen LogP contribution in [0.3, 0.4) is 0 Å². The molecule has 0 aliphatic rings. The van der Waals surface area contributed by atoms with Gasteiger partial charge in [-0.05, 0) is 0 Å².